The van der Waals surface area contributed by atoms with Gasteiger partial charge in [0.2, 0.25) is 5.91 Å². The van der Waals surface area contributed by atoms with E-state index in [9.17, 15) is 14.4 Å². The van der Waals surface area contributed by atoms with Gasteiger partial charge in [0, 0.05) is 11.3 Å². The first-order valence-electron chi connectivity index (χ1n) is 6.74. The molecule has 0 aliphatic carbocycles. The van der Waals surface area contributed by atoms with Crippen LogP contribution in [0.3, 0.4) is 0 Å². The maximum absolute atomic E-state index is 12.5. The molecule has 1 atom stereocenters. The number of rotatable bonds is 3. The first-order valence-corrected chi connectivity index (χ1v) is 6.74. The van der Waals surface area contributed by atoms with Gasteiger partial charge in [-0.05, 0) is 17.7 Å². The highest BCUT2D eigenvalue weighted by atomic mass is 16.5. The van der Waals surface area contributed by atoms with E-state index in [1.807, 2.05) is 6.07 Å². The maximum atomic E-state index is 12.5. The van der Waals surface area contributed by atoms with E-state index >= 15 is 0 Å². The largest absolute Gasteiger partial charge is 0.465 e. The van der Waals surface area contributed by atoms with Crippen LogP contribution < -0.4 is 5.32 Å². The second kappa shape index (κ2) is 5.44. The zero-order chi connectivity index (χ0) is 15.7. The molecule has 0 spiro atoms. The van der Waals surface area contributed by atoms with Gasteiger partial charge in [0.15, 0.2) is 5.78 Å². The van der Waals surface area contributed by atoms with Crippen molar-refractivity contribution >= 4 is 23.3 Å². The Morgan fingerprint density at radius 1 is 1.05 bits per heavy atom. The van der Waals surface area contributed by atoms with Gasteiger partial charge >= 0.3 is 5.97 Å². The van der Waals surface area contributed by atoms with Crippen LogP contribution >= 0.6 is 0 Å². The van der Waals surface area contributed by atoms with Crippen LogP contribution in [0.2, 0.25) is 0 Å². The molecule has 0 saturated heterocycles. The van der Waals surface area contributed by atoms with Crippen molar-refractivity contribution < 1.29 is 19.1 Å². The molecule has 5 heteroatoms. The summed E-state index contributed by atoms with van der Waals surface area (Å²) in [6.45, 7) is 0. The number of benzene rings is 2. The molecule has 22 heavy (non-hydrogen) atoms. The predicted octanol–water partition coefficient (Wildman–Crippen LogP) is 2.39. The van der Waals surface area contributed by atoms with Crippen molar-refractivity contribution in [2.45, 2.75) is 5.92 Å². The molecule has 1 heterocycles. The number of hydrogen-bond donors (Lipinski definition) is 1. The molecule has 1 unspecified atom stereocenters. The number of amides is 1. The van der Waals surface area contributed by atoms with E-state index in [1.165, 1.54) is 13.2 Å². The van der Waals surface area contributed by atoms with Crippen molar-refractivity contribution in [3.8, 4) is 0 Å². The summed E-state index contributed by atoms with van der Waals surface area (Å²) in [5.74, 6) is -2.02. The van der Waals surface area contributed by atoms with Crippen LogP contribution in [0.15, 0.2) is 48.5 Å². The molecule has 1 amide bonds. The van der Waals surface area contributed by atoms with Gasteiger partial charge in [-0.1, -0.05) is 36.4 Å². The molecular weight excluding hydrogens is 282 g/mol. The third-order valence-electron chi connectivity index (χ3n) is 3.63. The second-order valence-electron chi connectivity index (χ2n) is 4.95. The van der Waals surface area contributed by atoms with Crippen molar-refractivity contribution in [2.75, 3.05) is 12.4 Å². The number of ketones is 1. The average Bonchev–Trinajstić information content (AvgIpc) is 2.89. The van der Waals surface area contributed by atoms with Crippen LogP contribution in [0.25, 0.3) is 0 Å². The van der Waals surface area contributed by atoms with Crippen molar-refractivity contribution in [3.63, 3.8) is 0 Å². The molecular formula is C17H13NO4. The molecule has 1 aliphatic rings. The summed E-state index contributed by atoms with van der Waals surface area (Å²) in [6.07, 6.45) is 0. The van der Waals surface area contributed by atoms with Crippen LogP contribution in [0.4, 0.5) is 5.69 Å². The number of hydrogen-bond acceptors (Lipinski definition) is 4. The summed E-state index contributed by atoms with van der Waals surface area (Å²) >= 11 is 0. The molecule has 2 aromatic rings. The fraction of sp³-hybridized carbons (Fsp3) is 0.118. The van der Waals surface area contributed by atoms with Crippen LogP contribution in [0.1, 0.15) is 32.2 Å². The molecule has 0 saturated carbocycles. The molecule has 0 fully saturated rings. The molecule has 1 N–H and O–H groups in total. The first kappa shape index (κ1) is 14.0. The Morgan fingerprint density at radius 3 is 2.45 bits per heavy atom. The van der Waals surface area contributed by atoms with Crippen molar-refractivity contribution in [3.05, 3.63) is 65.2 Å². The van der Waals surface area contributed by atoms with Crippen LogP contribution in [0.5, 0.6) is 0 Å². The van der Waals surface area contributed by atoms with Crippen LogP contribution in [-0.2, 0) is 9.53 Å². The maximum Gasteiger partial charge on any atom is 0.337 e. The first-order chi connectivity index (χ1) is 10.6. The molecule has 5 nitrogen and oxygen atoms in total. The Kier molecular flexibility index (Phi) is 3.47. The van der Waals surface area contributed by atoms with E-state index < -0.39 is 11.9 Å². The Labute approximate surface area is 126 Å². The van der Waals surface area contributed by atoms with Gasteiger partial charge in [0.05, 0.1) is 12.7 Å². The zero-order valence-corrected chi connectivity index (χ0v) is 11.8. The molecule has 3 rings (SSSR count). The van der Waals surface area contributed by atoms with Gasteiger partial charge in [0.1, 0.15) is 5.92 Å². The minimum atomic E-state index is -0.885. The van der Waals surface area contributed by atoms with Gasteiger partial charge in [-0.25, -0.2) is 4.79 Å². The van der Waals surface area contributed by atoms with E-state index in [0.717, 1.165) is 0 Å². The van der Waals surface area contributed by atoms with Crippen LogP contribution in [0, 0.1) is 0 Å². The Hall–Kier alpha value is -2.95. The molecule has 0 radical (unpaired) electrons. The highest BCUT2D eigenvalue weighted by Gasteiger charge is 2.37. The van der Waals surface area contributed by atoms with E-state index in [-0.39, 0.29) is 11.7 Å². The standard InChI is InChI=1S/C17H13NO4/c1-22-17(21)11-7-8-12-13(9-11)18-16(20)14(12)15(19)10-5-3-2-4-6-10/h2-9,14H,1H3,(H,18,20). The minimum absolute atomic E-state index is 0.261. The molecule has 0 aromatic heterocycles. The number of carbonyl (C=O) groups is 3. The van der Waals surface area contributed by atoms with Crippen molar-refractivity contribution in [2.24, 2.45) is 0 Å². The topological polar surface area (TPSA) is 72.5 Å². The fourth-order valence-electron chi connectivity index (χ4n) is 2.54. The molecule has 0 bridgehead atoms. The predicted molar refractivity (Wildman–Crippen MR) is 79.9 cm³/mol. The average molecular weight is 295 g/mol. The van der Waals surface area contributed by atoms with Crippen molar-refractivity contribution in [1.82, 2.24) is 0 Å². The normalized spacial score (nSPS) is 15.9. The summed E-state index contributed by atoms with van der Waals surface area (Å²) in [7, 11) is 1.29. The van der Waals surface area contributed by atoms with E-state index in [1.54, 1.807) is 36.4 Å². The smallest absolute Gasteiger partial charge is 0.337 e. The third kappa shape index (κ3) is 2.26. The van der Waals surface area contributed by atoms with E-state index in [0.29, 0.717) is 22.4 Å². The highest BCUT2D eigenvalue weighted by Crippen LogP contribution is 2.35. The number of anilines is 1. The quantitative estimate of drug-likeness (QED) is 0.536. The summed E-state index contributed by atoms with van der Waals surface area (Å²) < 4.78 is 4.65. The number of nitrogens with one attached hydrogen (secondary N) is 1. The molecule has 1 aliphatic heterocycles. The number of fused-ring (bicyclic) bond motifs is 1. The molecule has 2 aromatic carbocycles. The lowest BCUT2D eigenvalue weighted by molar-refractivity contribution is -0.116. The van der Waals surface area contributed by atoms with Gasteiger partial charge in [-0.2, -0.15) is 0 Å². The minimum Gasteiger partial charge on any atom is -0.465 e. The van der Waals surface area contributed by atoms with Gasteiger partial charge in [-0.3, -0.25) is 9.59 Å². The Bertz CT molecular complexity index is 767. The zero-order valence-electron chi connectivity index (χ0n) is 11.8. The Morgan fingerprint density at radius 2 is 1.77 bits per heavy atom. The lowest BCUT2D eigenvalue weighted by Gasteiger charge is -2.08. The summed E-state index contributed by atoms with van der Waals surface area (Å²) in [5, 5.41) is 2.65. The second-order valence-corrected chi connectivity index (χ2v) is 4.95. The van der Waals surface area contributed by atoms with E-state index in [2.05, 4.69) is 10.1 Å². The number of Topliss-reactive ketones (excluding diaryl/α,β-unsaturated/α-hetero) is 1. The summed E-state index contributed by atoms with van der Waals surface area (Å²) in [5.41, 5.74) is 1.86. The van der Waals surface area contributed by atoms with Gasteiger partial charge in [-0.15, -0.1) is 0 Å². The Balaban J connectivity index is 1.99. The lowest BCUT2D eigenvalue weighted by Crippen LogP contribution is -2.20. The van der Waals surface area contributed by atoms with Crippen molar-refractivity contribution in [1.29, 1.82) is 0 Å². The summed E-state index contributed by atoms with van der Waals surface area (Å²) in [4.78, 5) is 36.2. The van der Waals surface area contributed by atoms with Gasteiger partial charge < -0.3 is 10.1 Å². The lowest BCUT2D eigenvalue weighted by atomic mass is 9.91. The SMILES string of the molecule is COC(=O)c1ccc2c(c1)NC(=O)C2C(=O)c1ccccc1. The summed E-state index contributed by atoms with van der Waals surface area (Å²) in [6, 6.07) is 13.4. The van der Waals surface area contributed by atoms with Gasteiger partial charge in [0.25, 0.3) is 0 Å². The van der Waals surface area contributed by atoms with Crippen LogP contribution in [-0.4, -0.2) is 24.8 Å². The molecule has 110 valence electrons. The number of esters is 1. The fourth-order valence-corrected chi connectivity index (χ4v) is 2.54. The number of ether oxygens (including phenoxy) is 1. The van der Waals surface area contributed by atoms with E-state index in [4.69, 9.17) is 0 Å². The highest BCUT2D eigenvalue weighted by molar-refractivity contribution is 6.21. The number of methoxy groups -OCH3 is 1. The monoisotopic (exact) mass is 295 g/mol. The third-order valence-corrected chi connectivity index (χ3v) is 3.63. The number of carbonyl (C=O) groups excluding carboxylic acids is 3.